The average molecular weight is 297 g/mol. The number of benzene rings is 1. The number of aromatic nitrogens is 2. The van der Waals surface area contributed by atoms with E-state index in [-0.39, 0.29) is 5.52 Å². The minimum absolute atomic E-state index is 0.00427. The lowest BCUT2D eigenvalue weighted by molar-refractivity contribution is -0.136. The molecule has 6 heteroatoms. The predicted molar refractivity (Wildman–Crippen MR) is 74.9 cm³/mol. The Morgan fingerprint density at radius 2 is 2.00 bits per heavy atom. The summed E-state index contributed by atoms with van der Waals surface area (Å²) < 4.78 is 39.5. The number of hydrogen-bond acceptors (Lipinski definition) is 2. The van der Waals surface area contributed by atoms with Crippen LogP contribution in [0.1, 0.15) is 42.6 Å². The van der Waals surface area contributed by atoms with Gasteiger partial charge in [-0.25, -0.2) is 4.98 Å². The zero-order valence-corrected chi connectivity index (χ0v) is 11.8. The molecule has 0 radical (unpaired) electrons. The second kappa shape index (κ2) is 5.33. The molecule has 0 atom stereocenters. The van der Waals surface area contributed by atoms with Gasteiger partial charge in [-0.3, -0.25) is 0 Å². The Morgan fingerprint density at radius 3 is 2.67 bits per heavy atom. The standard InChI is InChI=1S/C15H18F3N3/c1-9-20-13-7-10(8-19-11-4-2-3-5-11)6-12(14(13)21-9)15(16,17)18/h6-7,11,19H,2-5,8H2,1H3,(H,20,21). The van der Waals surface area contributed by atoms with E-state index in [2.05, 4.69) is 15.3 Å². The lowest BCUT2D eigenvalue weighted by Crippen LogP contribution is -2.25. The van der Waals surface area contributed by atoms with Crippen LogP contribution in [0.3, 0.4) is 0 Å². The average Bonchev–Trinajstić information content (AvgIpc) is 3.01. The Balaban J connectivity index is 1.91. The number of nitrogens with one attached hydrogen (secondary N) is 2. The van der Waals surface area contributed by atoms with Crippen molar-refractivity contribution in [2.45, 2.75) is 51.4 Å². The third-order valence-electron chi connectivity index (χ3n) is 4.02. The molecule has 2 N–H and O–H groups in total. The summed E-state index contributed by atoms with van der Waals surface area (Å²) >= 11 is 0. The molecule has 21 heavy (non-hydrogen) atoms. The first-order valence-electron chi connectivity index (χ1n) is 7.23. The van der Waals surface area contributed by atoms with E-state index in [4.69, 9.17) is 0 Å². The molecule has 0 amide bonds. The maximum atomic E-state index is 13.2. The fraction of sp³-hybridized carbons (Fsp3) is 0.533. The van der Waals surface area contributed by atoms with Gasteiger partial charge in [-0.05, 0) is 37.5 Å². The first-order chi connectivity index (χ1) is 9.93. The molecule has 3 nitrogen and oxygen atoms in total. The third-order valence-corrected chi connectivity index (χ3v) is 4.02. The van der Waals surface area contributed by atoms with Gasteiger partial charge in [0.2, 0.25) is 0 Å². The van der Waals surface area contributed by atoms with E-state index in [0.717, 1.165) is 12.8 Å². The summed E-state index contributed by atoms with van der Waals surface area (Å²) in [7, 11) is 0. The number of H-pyrrole nitrogens is 1. The number of fused-ring (bicyclic) bond motifs is 1. The van der Waals surface area contributed by atoms with E-state index in [1.807, 2.05) is 0 Å². The first kappa shape index (κ1) is 14.4. The van der Waals surface area contributed by atoms with E-state index < -0.39 is 11.7 Å². The smallest absolute Gasteiger partial charge is 0.342 e. The van der Waals surface area contributed by atoms with Crippen LogP contribution in [0.5, 0.6) is 0 Å². The number of nitrogens with zero attached hydrogens (tertiary/aromatic N) is 1. The van der Waals surface area contributed by atoms with Crippen LogP contribution < -0.4 is 5.32 Å². The van der Waals surface area contributed by atoms with Gasteiger partial charge >= 0.3 is 6.18 Å². The van der Waals surface area contributed by atoms with E-state index in [1.165, 1.54) is 18.9 Å². The molecule has 1 aliphatic carbocycles. The number of hydrogen-bond donors (Lipinski definition) is 2. The van der Waals surface area contributed by atoms with Crippen LogP contribution >= 0.6 is 0 Å². The molecule has 114 valence electrons. The van der Waals surface area contributed by atoms with Crippen molar-refractivity contribution in [2.24, 2.45) is 0 Å². The van der Waals surface area contributed by atoms with Crippen molar-refractivity contribution in [3.8, 4) is 0 Å². The molecular weight excluding hydrogens is 279 g/mol. The van der Waals surface area contributed by atoms with Gasteiger partial charge in [-0.2, -0.15) is 13.2 Å². The highest BCUT2D eigenvalue weighted by molar-refractivity contribution is 5.80. The summed E-state index contributed by atoms with van der Waals surface area (Å²) in [4.78, 5) is 6.86. The summed E-state index contributed by atoms with van der Waals surface area (Å²) in [6, 6.07) is 3.40. The van der Waals surface area contributed by atoms with Gasteiger partial charge in [0.1, 0.15) is 11.3 Å². The van der Waals surface area contributed by atoms with Crippen LogP contribution in [-0.2, 0) is 12.7 Å². The largest absolute Gasteiger partial charge is 0.418 e. The highest BCUT2D eigenvalue weighted by Crippen LogP contribution is 2.35. The molecule has 0 saturated heterocycles. The molecule has 1 aromatic heterocycles. The van der Waals surface area contributed by atoms with Crippen molar-refractivity contribution in [1.82, 2.24) is 15.3 Å². The lowest BCUT2D eigenvalue weighted by atomic mass is 10.1. The molecule has 1 aromatic carbocycles. The van der Waals surface area contributed by atoms with Crippen molar-refractivity contribution in [3.05, 3.63) is 29.1 Å². The van der Waals surface area contributed by atoms with Crippen LogP contribution in [0.15, 0.2) is 12.1 Å². The Bertz CT molecular complexity index is 639. The highest BCUT2D eigenvalue weighted by atomic mass is 19.4. The Labute approximate surface area is 121 Å². The molecule has 1 fully saturated rings. The molecule has 1 aliphatic rings. The molecule has 0 aliphatic heterocycles. The van der Waals surface area contributed by atoms with Crippen LogP contribution in [-0.4, -0.2) is 16.0 Å². The molecule has 1 saturated carbocycles. The summed E-state index contributed by atoms with van der Waals surface area (Å²) in [5.41, 5.74) is 0.438. The van der Waals surface area contributed by atoms with Crippen molar-refractivity contribution < 1.29 is 13.2 Å². The topological polar surface area (TPSA) is 40.7 Å². The maximum absolute atomic E-state index is 13.2. The predicted octanol–water partition coefficient (Wildman–Crippen LogP) is 3.92. The van der Waals surface area contributed by atoms with Gasteiger partial charge in [0.05, 0.1) is 11.1 Å². The SMILES string of the molecule is Cc1nc2c(C(F)(F)F)cc(CNC3CCCC3)cc2[nH]1. The normalized spacial score (nSPS) is 17.0. The number of aryl methyl sites for hydroxylation is 1. The first-order valence-corrected chi connectivity index (χ1v) is 7.23. The molecule has 2 aromatic rings. The fourth-order valence-electron chi connectivity index (χ4n) is 3.01. The van der Waals surface area contributed by atoms with Crippen LogP contribution in [0, 0.1) is 6.92 Å². The lowest BCUT2D eigenvalue weighted by Gasteiger charge is -2.14. The number of halogens is 3. The fourth-order valence-corrected chi connectivity index (χ4v) is 3.01. The highest BCUT2D eigenvalue weighted by Gasteiger charge is 2.34. The summed E-state index contributed by atoms with van der Waals surface area (Å²) in [6.07, 6.45) is 0.229. The Kier molecular flexibility index (Phi) is 3.65. The van der Waals surface area contributed by atoms with E-state index in [0.29, 0.717) is 29.5 Å². The van der Waals surface area contributed by atoms with Crippen molar-refractivity contribution >= 4 is 11.0 Å². The summed E-state index contributed by atoms with van der Waals surface area (Å²) in [5, 5.41) is 3.35. The van der Waals surface area contributed by atoms with Crippen molar-refractivity contribution in [3.63, 3.8) is 0 Å². The van der Waals surface area contributed by atoms with E-state index >= 15 is 0 Å². The molecule has 0 bridgehead atoms. The maximum Gasteiger partial charge on any atom is 0.418 e. The second-order valence-electron chi connectivity index (χ2n) is 5.72. The quantitative estimate of drug-likeness (QED) is 0.901. The third kappa shape index (κ3) is 3.05. The van der Waals surface area contributed by atoms with Crippen molar-refractivity contribution in [2.75, 3.05) is 0 Å². The van der Waals surface area contributed by atoms with Gasteiger partial charge < -0.3 is 10.3 Å². The second-order valence-corrected chi connectivity index (χ2v) is 5.72. The van der Waals surface area contributed by atoms with Gasteiger partial charge in [-0.15, -0.1) is 0 Å². The number of rotatable bonds is 3. The molecule has 0 unspecified atom stereocenters. The van der Waals surface area contributed by atoms with E-state index in [1.54, 1.807) is 13.0 Å². The van der Waals surface area contributed by atoms with Gasteiger partial charge in [0.25, 0.3) is 0 Å². The van der Waals surface area contributed by atoms with E-state index in [9.17, 15) is 13.2 Å². The molecule has 3 rings (SSSR count). The monoisotopic (exact) mass is 297 g/mol. The Morgan fingerprint density at radius 1 is 1.29 bits per heavy atom. The van der Waals surface area contributed by atoms with Crippen LogP contribution in [0.4, 0.5) is 13.2 Å². The Hall–Kier alpha value is -1.56. The number of aromatic amines is 1. The minimum Gasteiger partial charge on any atom is -0.342 e. The van der Waals surface area contributed by atoms with Gasteiger partial charge in [0, 0.05) is 12.6 Å². The van der Waals surface area contributed by atoms with Gasteiger partial charge in [-0.1, -0.05) is 12.8 Å². The molecule has 1 heterocycles. The summed E-state index contributed by atoms with van der Waals surface area (Å²) in [5.74, 6) is 0.497. The zero-order valence-electron chi connectivity index (χ0n) is 11.8. The molecular formula is C15H18F3N3. The summed E-state index contributed by atoms with van der Waals surface area (Å²) in [6.45, 7) is 2.12. The minimum atomic E-state index is -4.39. The van der Waals surface area contributed by atoms with Gasteiger partial charge in [0.15, 0.2) is 0 Å². The van der Waals surface area contributed by atoms with Crippen LogP contribution in [0.25, 0.3) is 11.0 Å². The van der Waals surface area contributed by atoms with Crippen LogP contribution in [0.2, 0.25) is 0 Å². The zero-order chi connectivity index (χ0) is 15.0. The number of alkyl halides is 3. The van der Waals surface area contributed by atoms with Crippen molar-refractivity contribution in [1.29, 1.82) is 0 Å². The number of imidazole rings is 1. The molecule has 0 spiro atoms.